The molecule has 1 amide bonds. The Kier molecular flexibility index (Phi) is 7.50. The smallest absolute Gasteiger partial charge is 0.340 e. The summed E-state index contributed by atoms with van der Waals surface area (Å²) in [5.74, 6) is -1.73. The lowest BCUT2D eigenvalue weighted by Crippen LogP contribution is -2.23. The predicted molar refractivity (Wildman–Crippen MR) is 130 cm³/mol. The fourth-order valence-corrected chi connectivity index (χ4v) is 4.71. The molecule has 0 aromatic heterocycles. The highest BCUT2D eigenvalue weighted by atomic mass is 32.2. The minimum atomic E-state index is -4.01. The first kappa shape index (κ1) is 25.4. The molecule has 0 aliphatic heterocycles. The van der Waals surface area contributed by atoms with Crippen molar-refractivity contribution < 1.29 is 27.7 Å². The third-order valence-electron chi connectivity index (χ3n) is 5.07. The molecule has 0 heterocycles. The maximum Gasteiger partial charge on any atom is 0.340 e. The van der Waals surface area contributed by atoms with Crippen LogP contribution in [0, 0.1) is 30.9 Å². The molecule has 0 aliphatic carbocycles. The molecule has 0 saturated heterocycles. The molecular weight excluding hydrogens is 474 g/mol. The van der Waals surface area contributed by atoms with E-state index in [9.17, 15) is 28.1 Å². The highest BCUT2D eigenvalue weighted by Crippen LogP contribution is 2.28. The van der Waals surface area contributed by atoms with Gasteiger partial charge < -0.3 is 10.1 Å². The van der Waals surface area contributed by atoms with E-state index < -0.39 is 33.4 Å². The van der Waals surface area contributed by atoms with Gasteiger partial charge in [-0.1, -0.05) is 36.4 Å². The molecule has 3 aromatic carbocycles. The van der Waals surface area contributed by atoms with Crippen molar-refractivity contribution in [2.24, 2.45) is 0 Å². The molecule has 11 heteroatoms. The number of nitro benzene ring substituents is 1. The predicted octanol–water partition coefficient (Wildman–Crippen LogP) is 4.12. The quantitative estimate of drug-likeness (QED) is 0.270. The van der Waals surface area contributed by atoms with Gasteiger partial charge in [0.2, 0.25) is 0 Å². The molecule has 182 valence electrons. The Morgan fingerprint density at radius 1 is 0.971 bits per heavy atom. The van der Waals surface area contributed by atoms with Crippen molar-refractivity contribution in [3.8, 4) is 0 Å². The number of nitrogens with one attached hydrogen (secondary N) is 2. The van der Waals surface area contributed by atoms with Gasteiger partial charge in [-0.25, -0.2) is 13.2 Å². The average molecular weight is 498 g/mol. The van der Waals surface area contributed by atoms with Gasteiger partial charge in [0.05, 0.1) is 21.1 Å². The van der Waals surface area contributed by atoms with Crippen LogP contribution in [0.25, 0.3) is 0 Å². The van der Waals surface area contributed by atoms with Crippen molar-refractivity contribution in [2.45, 2.75) is 25.7 Å². The van der Waals surface area contributed by atoms with Gasteiger partial charge >= 0.3 is 5.97 Å². The molecule has 0 radical (unpaired) electrons. The molecule has 3 rings (SSSR count). The van der Waals surface area contributed by atoms with Crippen molar-refractivity contribution in [3.63, 3.8) is 0 Å². The van der Waals surface area contributed by atoms with Crippen LogP contribution in [0.15, 0.2) is 65.6 Å². The van der Waals surface area contributed by atoms with E-state index in [1.807, 2.05) is 0 Å². The number of amides is 1. The first-order valence-corrected chi connectivity index (χ1v) is 11.9. The fraction of sp³-hybridized carbons (Fsp3) is 0.167. The van der Waals surface area contributed by atoms with Crippen LogP contribution in [0.1, 0.15) is 27.0 Å². The number of esters is 1. The Labute approximate surface area is 202 Å². The summed E-state index contributed by atoms with van der Waals surface area (Å²) in [6, 6.07) is 15.1. The molecule has 3 aromatic rings. The van der Waals surface area contributed by atoms with Crippen molar-refractivity contribution in [2.75, 3.05) is 16.6 Å². The molecule has 35 heavy (non-hydrogen) atoms. The molecule has 0 aliphatic rings. The van der Waals surface area contributed by atoms with E-state index in [0.717, 1.165) is 5.56 Å². The second-order valence-corrected chi connectivity index (χ2v) is 9.42. The second-order valence-electron chi connectivity index (χ2n) is 7.77. The van der Waals surface area contributed by atoms with Crippen LogP contribution in [0.5, 0.6) is 0 Å². The minimum absolute atomic E-state index is 0.000216. The zero-order valence-corrected chi connectivity index (χ0v) is 20.0. The van der Waals surface area contributed by atoms with E-state index in [1.165, 1.54) is 36.4 Å². The average Bonchev–Trinajstić information content (AvgIpc) is 2.80. The number of anilines is 2. The number of hydrogen-bond acceptors (Lipinski definition) is 7. The Hall–Kier alpha value is -4.25. The lowest BCUT2D eigenvalue weighted by Gasteiger charge is -2.14. The molecular formula is C24H23N3O7S. The van der Waals surface area contributed by atoms with Crippen LogP contribution >= 0.6 is 0 Å². The van der Waals surface area contributed by atoms with Gasteiger partial charge in [-0.2, -0.15) is 0 Å². The van der Waals surface area contributed by atoms with E-state index in [4.69, 9.17) is 4.74 Å². The second kappa shape index (κ2) is 10.3. The van der Waals surface area contributed by atoms with Crippen LogP contribution in [0.2, 0.25) is 0 Å². The zero-order valence-electron chi connectivity index (χ0n) is 19.2. The number of hydrogen-bond donors (Lipinski definition) is 2. The van der Waals surface area contributed by atoms with Crippen LogP contribution in [-0.4, -0.2) is 31.8 Å². The lowest BCUT2D eigenvalue weighted by atomic mass is 10.1. The maximum absolute atomic E-state index is 13.0. The summed E-state index contributed by atoms with van der Waals surface area (Å²) in [5.41, 5.74) is 1.33. The van der Waals surface area contributed by atoms with E-state index >= 15 is 0 Å². The molecule has 10 nitrogen and oxygen atoms in total. The van der Waals surface area contributed by atoms with Gasteiger partial charge in [-0.3, -0.25) is 19.6 Å². The summed E-state index contributed by atoms with van der Waals surface area (Å²) in [5, 5.41) is 13.6. The highest BCUT2D eigenvalue weighted by molar-refractivity contribution is 7.92. The molecule has 0 fully saturated rings. The summed E-state index contributed by atoms with van der Waals surface area (Å²) in [7, 11) is -4.01. The largest absolute Gasteiger partial charge is 0.452 e. The van der Waals surface area contributed by atoms with Gasteiger partial charge in [-0.15, -0.1) is 0 Å². The number of ether oxygens (including phenoxy) is 1. The van der Waals surface area contributed by atoms with Gasteiger partial charge in [0, 0.05) is 6.07 Å². The Bertz CT molecular complexity index is 1420. The van der Waals surface area contributed by atoms with Crippen molar-refractivity contribution >= 4 is 39.0 Å². The molecule has 0 bridgehead atoms. The van der Waals surface area contributed by atoms with Gasteiger partial charge in [0.25, 0.3) is 21.6 Å². The molecule has 0 atom stereocenters. The third-order valence-corrected chi connectivity index (χ3v) is 6.58. The summed E-state index contributed by atoms with van der Waals surface area (Å²) >= 11 is 0. The summed E-state index contributed by atoms with van der Waals surface area (Å²) < 4.78 is 33.4. The van der Waals surface area contributed by atoms with Crippen LogP contribution in [0.4, 0.5) is 17.1 Å². The van der Waals surface area contributed by atoms with E-state index in [1.54, 1.807) is 45.0 Å². The number of aryl methyl sites for hydroxylation is 3. The number of carbonyl (C=O) groups excluding carboxylic acids is 2. The zero-order chi connectivity index (χ0) is 25.8. The first-order valence-electron chi connectivity index (χ1n) is 10.4. The number of nitro groups is 1. The van der Waals surface area contributed by atoms with Crippen molar-refractivity contribution in [1.29, 1.82) is 0 Å². The standard InChI is InChI=1S/C24H23N3O7S/c1-15-11-12-16(2)21(13-15)35(32,33)26-19-9-5-4-8-18(19)24(29)34-14-22(28)25-23-17(3)7-6-10-20(23)27(30)31/h4-13,26H,14H2,1-3H3,(H,25,28). The number of para-hydroxylation sites is 2. The minimum Gasteiger partial charge on any atom is -0.452 e. The number of benzene rings is 3. The van der Waals surface area contributed by atoms with E-state index in [0.29, 0.717) is 11.1 Å². The summed E-state index contributed by atoms with van der Waals surface area (Å²) in [6.07, 6.45) is 0. The van der Waals surface area contributed by atoms with Crippen LogP contribution in [0.3, 0.4) is 0 Å². The monoisotopic (exact) mass is 497 g/mol. The molecule has 2 N–H and O–H groups in total. The first-order chi connectivity index (χ1) is 16.5. The fourth-order valence-electron chi connectivity index (χ4n) is 3.30. The van der Waals surface area contributed by atoms with Crippen LogP contribution in [-0.2, 0) is 19.6 Å². The van der Waals surface area contributed by atoms with E-state index in [-0.39, 0.29) is 27.5 Å². The summed E-state index contributed by atoms with van der Waals surface area (Å²) in [4.78, 5) is 35.6. The normalized spacial score (nSPS) is 10.9. The molecule has 0 saturated carbocycles. The molecule has 0 unspecified atom stereocenters. The number of nitrogens with zero attached hydrogens (tertiary/aromatic N) is 1. The molecule has 0 spiro atoms. The van der Waals surface area contributed by atoms with E-state index in [2.05, 4.69) is 10.0 Å². The maximum atomic E-state index is 13.0. The number of sulfonamides is 1. The van der Waals surface area contributed by atoms with Gasteiger partial charge in [0.15, 0.2) is 6.61 Å². The van der Waals surface area contributed by atoms with Crippen molar-refractivity contribution in [3.05, 3.63) is 93.0 Å². The Balaban J connectivity index is 1.75. The Morgan fingerprint density at radius 2 is 1.69 bits per heavy atom. The number of carbonyl (C=O) groups is 2. The van der Waals surface area contributed by atoms with Gasteiger partial charge in [0.1, 0.15) is 5.69 Å². The summed E-state index contributed by atoms with van der Waals surface area (Å²) in [6.45, 7) is 4.28. The third kappa shape index (κ3) is 6.01. The van der Waals surface area contributed by atoms with Gasteiger partial charge in [-0.05, 0) is 55.7 Å². The number of rotatable bonds is 8. The Morgan fingerprint density at radius 3 is 2.40 bits per heavy atom. The lowest BCUT2D eigenvalue weighted by molar-refractivity contribution is -0.384. The SMILES string of the molecule is Cc1ccc(C)c(S(=O)(=O)Nc2ccccc2C(=O)OCC(=O)Nc2c(C)cccc2[N+](=O)[O-])c1. The van der Waals surface area contributed by atoms with Crippen molar-refractivity contribution in [1.82, 2.24) is 0 Å². The topological polar surface area (TPSA) is 145 Å². The van der Waals surface area contributed by atoms with Crippen LogP contribution < -0.4 is 10.0 Å². The highest BCUT2D eigenvalue weighted by Gasteiger charge is 2.22.